The largest absolute Gasteiger partial charge is 0.393 e. The molecule has 0 aromatic heterocycles. The van der Waals surface area contributed by atoms with Crippen LogP contribution in [0.1, 0.15) is 56.2 Å². The lowest BCUT2D eigenvalue weighted by atomic mass is 9.99. The highest BCUT2D eigenvalue weighted by molar-refractivity contribution is 5.87. The number of nitrogens with two attached hydrogens (primary N) is 1. The van der Waals surface area contributed by atoms with Gasteiger partial charge in [-0.15, -0.1) is 0 Å². The van der Waals surface area contributed by atoms with Crippen molar-refractivity contribution in [2.24, 2.45) is 5.73 Å². The third-order valence-corrected chi connectivity index (χ3v) is 6.61. The van der Waals surface area contributed by atoms with Gasteiger partial charge in [0.15, 0.2) is 0 Å². The van der Waals surface area contributed by atoms with Crippen molar-refractivity contribution in [2.45, 2.75) is 83.2 Å². The smallest absolute Gasteiger partial charge is 0.315 e. The lowest BCUT2D eigenvalue weighted by molar-refractivity contribution is -0.136. The van der Waals surface area contributed by atoms with Crippen LogP contribution in [0.2, 0.25) is 0 Å². The maximum absolute atomic E-state index is 13.8. The molecule has 2 aromatic rings. The summed E-state index contributed by atoms with van der Waals surface area (Å²) < 4.78 is 27.3. The second-order valence-corrected chi connectivity index (χ2v) is 9.91. The molecule has 216 valence electrons. The first-order valence-electron chi connectivity index (χ1n) is 13.5. The minimum atomic E-state index is -1.24. The summed E-state index contributed by atoms with van der Waals surface area (Å²) >= 11 is 0. The number of halogens is 2. The summed E-state index contributed by atoms with van der Waals surface area (Å²) in [5.74, 6) is -1.98. The van der Waals surface area contributed by atoms with Crippen molar-refractivity contribution >= 4 is 11.9 Å². The minimum Gasteiger partial charge on any atom is -0.393 e. The molecular formula is C29H42F2N4O4. The van der Waals surface area contributed by atoms with E-state index in [9.17, 15) is 28.6 Å². The molecule has 0 fully saturated rings. The Morgan fingerprint density at radius 2 is 1.69 bits per heavy atom. The number of nitrogens with one attached hydrogen (secondary N) is 2. The predicted molar refractivity (Wildman–Crippen MR) is 147 cm³/mol. The summed E-state index contributed by atoms with van der Waals surface area (Å²) in [5, 5.41) is 26.6. The average Bonchev–Trinajstić information content (AvgIpc) is 2.90. The molecule has 0 spiro atoms. The van der Waals surface area contributed by atoms with Gasteiger partial charge in [0.05, 0.1) is 12.2 Å². The van der Waals surface area contributed by atoms with E-state index < -0.39 is 47.9 Å². The highest BCUT2D eigenvalue weighted by atomic mass is 19.1. The molecule has 0 saturated heterocycles. The van der Waals surface area contributed by atoms with E-state index in [2.05, 4.69) is 10.6 Å². The van der Waals surface area contributed by atoms with E-state index in [-0.39, 0.29) is 31.5 Å². The molecule has 0 heterocycles. The first-order chi connectivity index (χ1) is 18.6. The topological polar surface area (TPSA) is 128 Å². The van der Waals surface area contributed by atoms with Crippen LogP contribution in [0.3, 0.4) is 0 Å². The number of carbonyl (C=O) groups is 2. The highest BCUT2D eigenvalue weighted by Crippen LogP contribution is 2.16. The Morgan fingerprint density at radius 1 is 1.03 bits per heavy atom. The molecule has 39 heavy (non-hydrogen) atoms. The Kier molecular flexibility index (Phi) is 13.3. The van der Waals surface area contributed by atoms with Gasteiger partial charge in [0, 0.05) is 38.7 Å². The van der Waals surface area contributed by atoms with Crippen LogP contribution in [0.5, 0.6) is 0 Å². The van der Waals surface area contributed by atoms with E-state index in [1.54, 1.807) is 0 Å². The zero-order valence-corrected chi connectivity index (χ0v) is 23.0. The fourth-order valence-electron chi connectivity index (χ4n) is 4.40. The van der Waals surface area contributed by atoms with Gasteiger partial charge in [0.25, 0.3) is 0 Å². The van der Waals surface area contributed by atoms with Crippen LogP contribution in [0.25, 0.3) is 0 Å². The number of hydrogen-bond donors (Lipinski definition) is 5. The van der Waals surface area contributed by atoms with E-state index in [1.165, 1.54) is 11.9 Å². The zero-order valence-electron chi connectivity index (χ0n) is 23.0. The number of unbranched alkanes of at least 4 members (excludes halogenated alkanes) is 1. The molecule has 1 unspecified atom stereocenters. The van der Waals surface area contributed by atoms with Crippen molar-refractivity contribution in [1.29, 1.82) is 0 Å². The maximum Gasteiger partial charge on any atom is 0.315 e. The van der Waals surface area contributed by atoms with E-state index in [0.717, 1.165) is 48.6 Å². The monoisotopic (exact) mass is 548 g/mol. The Hall–Kier alpha value is -3.08. The van der Waals surface area contributed by atoms with Gasteiger partial charge in [-0.05, 0) is 48.1 Å². The SMILES string of the molecule is CCCCC(O)C[C@@H](NC(=O)NC)C(=O)N(Cc1cccc(CC)c1)C[C@@H](O)[C@@H](N)Cc1cc(F)cc(F)c1. The van der Waals surface area contributed by atoms with Gasteiger partial charge >= 0.3 is 6.03 Å². The number of nitrogens with zero attached hydrogens (tertiary/aromatic N) is 1. The first kappa shape index (κ1) is 32.1. The van der Waals surface area contributed by atoms with Crippen molar-refractivity contribution in [2.75, 3.05) is 13.6 Å². The second-order valence-electron chi connectivity index (χ2n) is 9.91. The number of urea groups is 1. The van der Waals surface area contributed by atoms with Crippen LogP contribution < -0.4 is 16.4 Å². The number of amides is 3. The number of aliphatic hydroxyl groups is 2. The molecule has 0 aliphatic carbocycles. The van der Waals surface area contributed by atoms with Crippen molar-refractivity contribution in [3.63, 3.8) is 0 Å². The Balaban J connectivity index is 2.30. The molecule has 6 N–H and O–H groups in total. The molecule has 2 aromatic carbocycles. The second kappa shape index (κ2) is 16.1. The number of aryl methyl sites for hydroxylation is 1. The summed E-state index contributed by atoms with van der Waals surface area (Å²) in [5.41, 5.74) is 8.37. The van der Waals surface area contributed by atoms with Crippen molar-refractivity contribution in [1.82, 2.24) is 15.5 Å². The van der Waals surface area contributed by atoms with Gasteiger partial charge in [-0.25, -0.2) is 13.6 Å². The Morgan fingerprint density at radius 3 is 2.31 bits per heavy atom. The highest BCUT2D eigenvalue weighted by Gasteiger charge is 2.30. The molecule has 0 saturated carbocycles. The van der Waals surface area contributed by atoms with E-state index in [1.807, 2.05) is 38.1 Å². The van der Waals surface area contributed by atoms with Gasteiger partial charge in [0.2, 0.25) is 5.91 Å². The molecule has 2 rings (SSSR count). The number of hydrogen-bond acceptors (Lipinski definition) is 5. The van der Waals surface area contributed by atoms with Crippen LogP contribution in [0.4, 0.5) is 13.6 Å². The summed E-state index contributed by atoms with van der Waals surface area (Å²) in [6.07, 6.45) is 0.857. The van der Waals surface area contributed by atoms with Crippen molar-refractivity contribution in [3.05, 3.63) is 70.8 Å². The van der Waals surface area contributed by atoms with Gasteiger partial charge in [-0.1, -0.05) is 51.0 Å². The summed E-state index contributed by atoms with van der Waals surface area (Å²) in [6.45, 7) is 3.95. The number of benzene rings is 2. The van der Waals surface area contributed by atoms with E-state index >= 15 is 0 Å². The maximum atomic E-state index is 13.8. The quantitative estimate of drug-likeness (QED) is 0.234. The summed E-state index contributed by atoms with van der Waals surface area (Å²) in [7, 11) is 1.43. The summed E-state index contributed by atoms with van der Waals surface area (Å²) in [4.78, 5) is 27.4. The van der Waals surface area contributed by atoms with Crippen LogP contribution in [-0.4, -0.2) is 64.9 Å². The molecule has 0 aliphatic rings. The first-order valence-corrected chi connectivity index (χ1v) is 13.5. The third kappa shape index (κ3) is 10.9. The van der Waals surface area contributed by atoms with Crippen LogP contribution >= 0.6 is 0 Å². The van der Waals surface area contributed by atoms with Gasteiger partial charge in [-0.2, -0.15) is 0 Å². The van der Waals surface area contributed by atoms with Crippen LogP contribution in [0.15, 0.2) is 42.5 Å². The third-order valence-electron chi connectivity index (χ3n) is 6.61. The average molecular weight is 549 g/mol. The van der Waals surface area contributed by atoms with Gasteiger partial charge in [0.1, 0.15) is 17.7 Å². The predicted octanol–water partition coefficient (Wildman–Crippen LogP) is 3.03. The van der Waals surface area contributed by atoms with Gasteiger partial charge in [-0.3, -0.25) is 4.79 Å². The molecule has 4 atom stereocenters. The molecule has 8 nitrogen and oxygen atoms in total. The fourth-order valence-corrected chi connectivity index (χ4v) is 4.40. The van der Waals surface area contributed by atoms with Crippen LogP contribution in [-0.2, 0) is 24.2 Å². The van der Waals surface area contributed by atoms with E-state index in [4.69, 9.17) is 5.73 Å². The molecule has 0 aliphatic heterocycles. The van der Waals surface area contributed by atoms with Crippen molar-refractivity contribution < 1.29 is 28.6 Å². The number of rotatable bonds is 15. The lowest BCUT2D eigenvalue weighted by Crippen LogP contribution is -2.54. The number of aliphatic hydroxyl groups excluding tert-OH is 2. The Bertz CT molecular complexity index is 1050. The molecule has 10 heteroatoms. The normalized spacial score (nSPS) is 14.3. The minimum absolute atomic E-state index is 0.00245. The fraction of sp³-hybridized carbons (Fsp3) is 0.517. The number of carbonyl (C=O) groups excluding carboxylic acids is 2. The standard InChI is InChI=1S/C29H42F2N4O4/c1-4-6-10-24(36)16-26(34-29(39)33-3)28(38)35(17-20-9-7-8-19(5-2)11-20)18-27(37)25(32)14-21-12-22(30)15-23(31)13-21/h7-9,11-13,15,24-27,36-37H,4-6,10,14,16-18,32H2,1-3H3,(H2,33,34,39)/t24?,25-,26+,27+/m0/s1. The Labute approximate surface area is 229 Å². The summed E-state index contributed by atoms with van der Waals surface area (Å²) in [6, 6.07) is 8.17. The van der Waals surface area contributed by atoms with Crippen molar-refractivity contribution in [3.8, 4) is 0 Å². The molecular weight excluding hydrogens is 506 g/mol. The molecule has 3 amide bonds. The lowest BCUT2D eigenvalue weighted by Gasteiger charge is -2.32. The van der Waals surface area contributed by atoms with Gasteiger partial charge < -0.3 is 31.5 Å². The van der Waals surface area contributed by atoms with E-state index in [0.29, 0.717) is 6.42 Å². The molecule has 0 bridgehead atoms. The molecule has 0 radical (unpaired) electrons. The van der Waals surface area contributed by atoms with Crippen LogP contribution in [0, 0.1) is 11.6 Å². The zero-order chi connectivity index (χ0) is 28.9.